The third-order valence-corrected chi connectivity index (χ3v) is 6.41. The van der Waals surface area contributed by atoms with E-state index in [1.807, 2.05) is 35.7 Å². The highest BCUT2D eigenvalue weighted by molar-refractivity contribution is 6.05. The molecule has 5 rings (SSSR count). The molecule has 0 bridgehead atoms. The SMILES string of the molecule is CCc1cccc(NC(=O)c2cn3cc(C4CC5(CCOC5)C4)nc3cc2OC)n1. The summed E-state index contributed by atoms with van der Waals surface area (Å²) in [6, 6.07) is 7.44. The molecule has 156 valence electrons. The number of carbonyl (C=O) groups excluding carboxylic acids is 1. The number of imidazole rings is 1. The van der Waals surface area contributed by atoms with E-state index in [1.165, 1.54) is 0 Å². The molecule has 4 heterocycles. The van der Waals surface area contributed by atoms with Crippen LogP contribution >= 0.6 is 0 Å². The number of aromatic nitrogens is 3. The molecule has 0 radical (unpaired) electrons. The minimum absolute atomic E-state index is 0.254. The molecule has 2 fully saturated rings. The fourth-order valence-electron chi connectivity index (χ4n) is 4.67. The Labute approximate surface area is 175 Å². The smallest absolute Gasteiger partial charge is 0.262 e. The molecule has 1 aliphatic heterocycles. The second kappa shape index (κ2) is 7.40. The van der Waals surface area contributed by atoms with E-state index in [9.17, 15) is 4.79 Å². The molecule has 1 saturated carbocycles. The number of carbonyl (C=O) groups is 1. The first-order chi connectivity index (χ1) is 14.6. The van der Waals surface area contributed by atoms with Gasteiger partial charge in [0.15, 0.2) is 0 Å². The third-order valence-electron chi connectivity index (χ3n) is 6.41. The molecule has 1 N–H and O–H groups in total. The topological polar surface area (TPSA) is 77.8 Å². The fourth-order valence-corrected chi connectivity index (χ4v) is 4.67. The van der Waals surface area contributed by atoms with E-state index in [1.54, 1.807) is 19.4 Å². The number of nitrogens with zero attached hydrogens (tertiary/aromatic N) is 3. The maximum Gasteiger partial charge on any atom is 0.262 e. The first-order valence-electron chi connectivity index (χ1n) is 10.5. The number of nitrogens with one attached hydrogen (secondary N) is 1. The summed E-state index contributed by atoms with van der Waals surface area (Å²) in [4.78, 5) is 22.2. The standard InChI is InChI=1S/C23H26N4O3/c1-3-16-5-4-6-20(24-16)26-22(28)17-12-27-13-18(25-21(27)9-19(17)29-2)15-10-23(11-15)7-8-30-14-23/h4-6,9,12-13,15H,3,7-8,10-11,14H2,1-2H3,(H,24,26,28). The van der Waals surface area contributed by atoms with Crippen molar-refractivity contribution < 1.29 is 14.3 Å². The Hall–Kier alpha value is -2.93. The van der Waals surface area contributed by atoms with Gasteiger partial charge in [-0.2, -0.15) is 0 Å². The van der Waals surface area contributed by atoms with Gasteiger partial charge in [-0.3, -0.25) is 4.79 Å². The van der Waals surface area contributed by atoms with Crippen LogP contribution in [-0.4, -0.2) is 40.6 Å². The third kappa shape index (κ3) is 3.33. The van der Waals surface area contributed by atoms with Crippen LogP contribution in [0.3, 0.4) is 0 Å². The second-order valence-corrected chi connectivity index (χ2v) is 8.42. The summed E-state index contributed by atoms with van der Waals surface area (Å²) in [6.07, 6.45) is 8.04. The predicted octanol–water partition coefficient (Wildman–Crippen LogP) is 3.84. The van der Waals surface area contributed by atoms with Crippen molar-refractivity contribution in [2.75, 3.05) is 25.6 Å². The number of hydrogen-bond acceptors (Lipinski definition) is 5. The summed E-state index contributed by atoms with van der Waals surface area (Å²) >= 11 is 0. The maximum atomic E-state index is 12.9. The van der Waals surface area contributed by atoms with Crippen LogP contribution in [0.5, 0.6) is 5.75 Å². The number of methoxy groups -OCH3 is 1. The molecule has 2 aliphatic rings. The second-order valence-electron chi connectivity index (χ2n) is 8.42. The van der Waals surface area contributed by atoms with E-state index in [-0.39, 0.29) is 5.91 Å². The molecule has 7 nitrogen and oxygen atoms in total. The number of fused-ring (bicyclic) bond motifs is 1. The first kappa shape index (κ1) is 19.1. The van der Waals surface area contributed by atoms with Crippen LogP contribution in [0, 0.1) is 5.41 Å². The first-order valence-corrected chi connectivity index (χ1v) is 10.5. The number of amides is 1. The van der Waals surface area contributed by atoms with Gasteiger partial charge < -0.3 is 19.2 Å². The molecular weight excluding hydrogens is 380 g/mol. The Morgan fingerprint density at radius 1 is 1.33 bits per heavy atom. The largest absolute Gasteiger partial charge is 0.496 e. The molecule has 3 aromatic rings. The molecule has 1 aliphatic carbocycles. The lowest BCUT2D eigenvalue weighted by Gasteiger charge is -2.43. The lowest BCUT2D eigenvalue weighted by atomic mass is 9.61. The van der Waals surface area contributed by atoms with Crippen molar-refractivity contribution in [2.45, 2.75) is 38.5 Å². The Kier molecular flexibility index (Phi) is 4.70. The molecule has 1 spiro atoms. The lowest BCUT2D eigenvalue weighted by Crippen LogP contribution is -2.36. The average molecular weight is 406 g/mol. The number of aryl methyl sites for hydroxylation is 1. The van der Waals surface area contributed by atoms with Crippen molar-refractivity contribution >= 4 is 17.4 Å². The number of ether oxygens (including phenoxy) is 2. The Morgan fingerprint density at radius 2 is 2.20 bits per heavy atom. The normalized spacial score (nSPS) is 22.9. The van der Waals surface area contributed by atoms with Gasteiger partial charge in [-0.25, -0.2) is 9.97 Å². The Bertz CT molecular complexity index is 1090. The Balaban J connectivity index is 1.40. The van der Waals surface area contributed by atoms with Crippen molar-refractivity contribution in [1.29, 1.82) is 0 Å². The van der Waals surface area contributed by atoms with E-state index in [0.717, 1.165) is 55.9 Å². The average Bonchev–Trinajstić information content (AvgIpc) is 3.38. The van der Waals surface area contributed by atoms with Gasteiger partial charge in [-0.1, -0.05) is 13.0 Å². The van der Waals surface area contributed by atoms with E-state index in [0.29, 0.717) is 28.5 Å². The van der Waals surface area contributed by atoms with Crippen LogP contribution in [-0.2, 0) is 11.2 Å². The lowest BCUT2D eigenvalue weighted by molar-refractivity contribution is 0.0706. The van der Waals surface area contributed by atoms with E-state index in [2.05, 4.69) is 10.3 Å². The van der Waals surface area contributed by atoms with Crippen LogP contribution in [0.4, 0.5) is 5.82 Å². The molecule has 0 atom stereocenters. The van der Waals surface area contributed by atoms with E-state index < -0.39 is 0 Å². The van der Waals surface area contributed by atoms with Crippen molar-refractivity contribution in [3.63, 3.8) is 0 Å². The zero-order chi connectivity index (χ0) is 20.7. The van der Waals surface area contributed by atoms with Crippen LogP contribution in [0.25, 0.3) is 5.65 Å². The van der Waals surface area contributed by atoms with Gasteiger partial charge in [0.2, 0.25) is 0 Å². The highest BCUT2D eigenvalue weighted by atomic mass is 16.5. The van der Waals surface area contributed by atoms with Gasteiger partial charge in [0.25, 0.3) is 5.91 Å². The van der Waals surface area contributed by atoms with Gasteiger partial charge in [0.05, 0.1) is 25.0 Å². The van der Waals surface area contributed by atoms with Gasteiger partial charge in [-0.05, 0) is 43.2 Å². The van der Waals surface area contributed by atoms with Crippen LogP contribution in [0.15, 0.2) is 36.7 Å². The van der Waals surface area contributed by atoms with Crippen molar-refractivity contribution in [1.82, 2.24) is 14.4 Å². The van der Waals surface area contributed by atoms with Crippen LogP contribution < -0.4 is 10.1 Å². The minimum Gasteiger partial charge on any atom is -0.496 e. The fraction of sp³-hybridized carbons (Fsp3) is 0.435. The van der Waals surface area contributed by atoms with Crippen molar-refractivity contribution in [2.24, 2.45) is 5.41 Å². The number of hydrogen-bond donors (Lipinski definition) is 1. The summed E-state index contributed by atoms with van der Waals surface area (Å²) in [5, 5.41) is 2.88. The molecule has 1 amide bonds. The van der Waals surface area contributed by atoms with E-state index >= 15 is 0 Å². The van der Waals surface area contributed by atoms with Crippen LogP contribution in [0.1, 0.15) is 53.8 Å². The van der Waals surface area contributed by atoms with Gasteiger partial charge in [0.1, 0.15) is 17.2 Å². The molecular formula is C23H26N4O3. The Morgan fingerprint density at radius 3 is 2.93 bits per heavy atom. The number of rotatable bonds is 5. The molecule has 7 heteroatoms. The monoisotopic (exact) mass is 406 g/mol. The van der Waals surface area contributed by atoms with Gasteiger partial charge in [0, 0.05) is 36.7 Å². The number of pyridine rings is 2. The maximum absolute atomic E-state index is 12.9. The van der Waals surface area contributed by atoms with E-state index in [4.69, 9.17) is 14.5 Å². The van der Waals surface area contributed by atoms with Crippen LogP contribution in [0.2, 0.25) is 0 Å². The number of anilines is 1. The zero-order valence-corrected chi connectivity index (χ0v) is 17.4. The molecule has 1 saturated heterocycles. The highest BCUT2D eigenvalue weighted by Crippen LogP contribution is 2.55. The molecule has 0 unspecified atom stereocenters. The zero-order valence-electron chi connectivity index (χ0n) is 17.4. The molecule has 3 aromatic heterocycles. The molecule has 30 heavy (non-hydrogen) atoms. The summed E-state index contributed by atoms with van der Waals surface area (Å²) in [5.74, 6) is 1.23. The predicted molar refractivity (Wildman–Crippen MR) is 113 cm³/mol. The summed E-state index contributed by atoms with van der Waals surface area (Å²) in [6.45, 7) is 3.79. The van der Waals surface area contributed by atoms with Gasteiger partial charge in [-0.15, -0.1) is 0 Å². The summed E-state index contributed by atoms with van der Waals surface area (Å²) in [5.41, 5.74) is 3.60. The minimum atomic E-state index is -0.254. The summed E-state index contributed by atoms with van der Waals surface area (Å²) < 4.78 is 13.0. The highest BCUT2D eigenvalue weighted by Gasteiger charge is 2.47. The van der Waals surface area contributed by atoms with Gasteiger partial charge >= 0.3 is 0 Å². The van der Waals surface area contributed by atoms with Crippen molar-refractivity contribution in [3.05, 3.63) is 53.6 Å². The quantitative estimate of drug-likeness (QED) is 0.697. The molecule has 0 aromatic carbocycles. The summed E-state index contributed by atoms with van der Waals surface area (Å²) in [7, 11) is 1.57. The van der Waals surface area contributed by atoms with Crippen molar-refractivity contribution in [3.8, 4) is 5.75 Å².